The van der Waals surface area contributed by atoms with E-state index in [1.807, 2.05) is 4.72 Å². The van der Waals surface area contributed by atoms with Gasteiger partial charge in [0, 0.05) is 30.5 Å². The van der Waals surface area contributed by atoms with Crippen molar-refractivity contribution >= 4 is 34.1 Å². The van der Waals surface area contributed by atoms with Crippen molar-refractivity contribution in [3.63, 3.8) is 0 Å². The zero-order chi connectivity index (χ0) is 28.1. The van der Waals surface area contributed by atoms with Gasteiger partial charge in [-0.2, -0.15) is 4.39 Å². The highest BCUT2D eigenvalue weighted by atomic mass is 35.5. The first-order chi connectivity index (χ1) is 19.3. The predicted molar refractivity (Wildman–Crippen MR) is 151 cm³/mol. The Balaban J connectivity index is 0.00000387. The predicted octanol–water partition coefficient (Wildman–Crippen LogP) is 5.28. The number of aromatic nitrogens is 3. The van der Waals surface area contributed by atoms with E-state index in [1.165, 1.54) is 24.4 Å². The average Bonchev–Trinajstić information content (AvgIpc) is 2.95. The van der Waals surface area contributed by atoms with Crippen molar-refractivity contribution in [2.75, 3.05) is 23.1 Å². The fourth-order valence-corrected chi connectivity index (χ4v) is 5.43. The van der Waals surface area contributed by atoms with Gasteiger partial charge in [0.15, 0.2) is 11.6 Å². The van der Waals surface area contributed by atoms with Crippen LogP contribution in [0.5, 0.6) is 11.6 Å². The summed E-state index contributed by atoms with van der Waals surface area (Å²) in [4.78, 5) is 13.0. The van der Waals surface area contributed by atoms with Gasteiger partial charge < -0.3 is 15.4 Å². The van der Waals surface area contributed by atoms with E-state index in [0.717, 1.165) is 44.1 Å². The number of hydrogen-bond acceptors (Lipinski definition) is 8. The molecule has 1 aliphatic rings. The van der Waals surface area contributed by atoms with E-state index in [0.29, 0.717) is 17.2 Å². The van der Waals surface area contributed by atoms with Crippen LogP contribution < -0.4 is 20.1 Å². The van der Waals surface area contributed by atoms with Crippen molar-refractivity contribution in [2.24, 2.45) is 0 Å². The molecule has 0 radical (unpaired) electrons. The van der Waals surface area contributed by atoms with E-state index in [9.17, 15) is 17.2 Å². The lowest BCUT2D eigenvalue weighted by Crippen LogP contribution is -2.38. The fraction of sp³-hybridized carbons (Fsp3) is 0.222. The quantitative estimate of drug-likeness (QED) is 0.236. The third-order valence-corrected chi connectivity index (χ3v) is 7.38. The number of ether oxygens (including phenoxy) is 1. The maximum atomic E-state index is 15.0. The Morgan fingerprint density at radius 1 is 0.976 bits per heavy atom. The number of nitrogens with zero attached hydrogens (tertiary/aromatic N) is 3. The Kier molecular flexibility index (Phi) is 9.63. The summed E-state index contributed by atoms with van der Waals surface area (Å²) in [5, 5.41) is 6.60. The first-order valence-corrected chi connectivity index (χ1v) is 14.1. The molecule has 1 saturated heterocycles. The van der Waals surface area contributed by atoms with E-state index in [2.05, 4.69) is 25.6 Å². The molecule has 3 N–H and O–H groups in total. The van der Waals surface area contributed by atoms with Gasteiger partial charge in [-0.1, -0.05) is 18.2 Å². The molecule has 2 aromatic heterocycles. The van der Waals surface area contributed by atoms with Crippen LogP contribution in [-0.4, -0.2) is 42.5 Å². The number of pyridine rings is 1. The van der Waals surface area contributed by atoms with Crippen LogP contribution in [0.4, 0.5) is 24.8 Å². The highest BCUT2D eigenvalue weighted by Crippen LogP contribution is 2.34. The molecule has 0 amide bonds. The summed E-state index contributed by atoms with van der Waals surface area (Å²) >= 11 is 0. The molecule has 0 unspecified atom stereocenters. The summed E-state index contributed by atoms with van der Waals surface area (Å²) in [6.07, 6.45) is 5.00. The molecule has 14 heteroatoms. The van der Waals surface area contributed by atoms with Crippen LogP contribution in [0.15, 0.2) is 67.0 Å². The number of halogens is 4. The van der Waals surface area contributed by atoms with E-state index < -0.39 is 44.7 Å². The first kappa shape index (κ1) is 30.0. The van der Waals surface area contributed by atoms with Gasteiger partial charge in [-0.05, 0) is 55.8 Å². The molecule has 216 valence electrons. The van der Waals surface area contributed by atoms with Gasteiger partial charge in [0.2, 0.25) is 27.7 Å². The molecule has 1 fully saturated rings. The highest BCUT2D eigenvalue weighted by Gasteiger charge is 2.22. The first-order valence-electron chi connectivity index (χ1n) is 12.4. The number of sulfonamides is 1. The Morgan fingerprint density at radius 3 is 2.59 bits per heavy atom. The summed E-state index contributed by atoms with van der Waals surface area (Å²) in [5.74, 6) is -4.56. The summed E-state index contributed by atoms with van der Waals surface area (Å²) in [7, 11) is -4.25. The number of anilines is 2. The maximum Gasteiger partial charge on any atom is 0.237 e. The van der Waals surface area contributed by atoms with Gasteiger partial charge in [-0.15, -0.1) is 12.4 Å². The average molecular weight is 607 g/mol. The van der Waals surface area contributed by atoms with Gasteiger partial charge >= 0.3 is 0 Å². The molecule has 0 aliphatic carbocycles. The monoisotopic (exact) mass is 606 g/mol. The zero-order valence-electron chi connectivity index (χ0n) is 21.5. The summed E-state index contributed by atoms with van der Waals surface area (Å²) in [6, 6.07) is 12.5. The Hall–Kier alpha value is -3.94. The molecule has 3 heterocycles. The van der Waals surface area contributed by atoms with Crippen molar-refractivity contribution in [2.45, 2.75) is 24.6 Å². The van der Waals surface area contributed by atoms with Gasteiger partial charge in [0.25, 0.3) is 0 Å². The van der Waals surface area contributed by atoms with Crippen molar-refractivity contribution in [1.29, 1.82) is 0 Å². The van der Waals surface area contributed by atoms with Crippen molar-refractivity contribution in [3.8, 4) is 22.9 Å². The second-order valence-corrected chi connectivity index (χ2v) is 10.8. The number of benzene rings is 2. The summed E-state index contributed by atoms with van der Waals surface area (Å²) in [6.45, 7) is 1.75. The Bertz CT molecular complexity index is 1620. The second-order valence-electron chi connectivity index (χ2n) is 9.10. The highest BCUT2D eigenvalue weighted by molar-refractivity contribution is 7.91. The summed E-state index contributed by atoms with van der Waals surface area (Å²) < 4.78 is 76.3. The minimum Gasteiger partial charge on any atom is -0.435 e. The summed E-state index contributed by atoms with van der Waals surface area (Å²) in [5.41, 5.74) is 0.0927. The number of hydrogen-bond donors (Lipinski definition) is 3. The number of nitrogens with one attached hydrogen (secondary N) is 3. The molecule has 1 aliphatic heterocycles. The van der Waals surface area contributed by atoms with E-state index in [1.54, 1.807) is 24.4 Å². The van der Waals surface area contributed by atoms with Crippen molar-refractivity contribution < 1.29 is 26.3 Å². The zero-order valence-corrected chi connectivity index (χ0v) is 23.1. The minimum atomic E-state index is -4.25. The van der Waals surface area contributed by atoms with Crippen LogP contribution in [0, 0.1) is 17.5 Å². The maximum absolute atomic E-state index is 15.0. The largest absolute Gasteiger partial charge is 0.435 e. The van der Waals surface area contributed by atoms with Gasteiger partial charge in [0.1, 0.15) is 5.82 Å². The van der Waals surface area contributed by atoms with E-state index >= 15 is 4.39 Å². The molecule has 5 rings (SSSR count). The normalized spacial score (nSPS) is 15.0. The topological polar surface area (TPSA) is 118 Å². The van der Waals surface area contributed by atoms with Crippen LogP contribution in [0.1, 0.15) is 18.4 Å². The molecule has 41 heavy (non-hydrogen) atoms. The standard InChI is InChI=1S/C27H25F3N6O3S.ClH/c28-20-8-2-1-5-17(20)16-40(37,38)36-22-9-10-23(25(30)24(22)29)39-26-19(7-4-13-32-26)21-11-14-33-27(35-21)34-18-6-3-12-31-15-18;/h1-2,4-5,7-11,13-14,18,31,36H,3,6,12,15-16H2,(H,33,34,35);1H/t18-;/m0./s1. The molecular weight excluding hydrogens is 581 g/mol. The van der Waals surface area contributed by atoms with Crippen molar-refractivity contribution in [1.82, 2.24) is 20.3 Å². The Labute approximate surface area is 241 Å². The van der Waals surface area contributed by atoms with Crippen LogP contribution in [0.3, 0.4) is 0 Å². The molecule has 1 atom stereocenters. The molecule has 2 aromatic carbocycles. The van der Waals surface area contributed by atoms with E-state index in [-0.39, 0.29) is 29.9 Å². The SMILES string of the molecule is Cl.O=S(=O)(Cc1ccccc1F)Nc1ccc(Oc2ncccc2-c2ccnc(N[C@H]3CCCNC3)n2)c(F)c1F. The molecule has 4 aromatic rings. The molecular formula is C27H26ClF3N6O3S. The van der Waals surface area contributed by atoms with E-state index in [4.69, 9.17) is 4.74 Å². The van der Waals surface area contributed by atoms with Crippen LogP contribution in [0.25, 0.3) is 11.3 Å². The molecule has 0 spiro atoms. The van der Waals surface area contributed by atoms with Crippen molar-refractivity contribution in [3.05, 3.63) is 90.0 Å². The van der Waals surface area contributed by atoms with Gasteiger partial charge in [0.05, 0.1) is 22.7 Å². The molecule has 9 nitrogen and oxygen atoms in total. The van der Waals surface area contributed by atoms with Crippen LogP contribution >= 0.6 is 12.4 Å². The van der Waals surface area contributed by atoms with Crippen LogP contribution in [0.2, 0.25) is 0 Å². The lowest BCUT2D eigenvalue weighted by Gasteiger charge is -2.23. The smallest absolute Gasteiger partial charge is 0.237 e. The van der Waals surface area contributed by atoms with Crippen LogP contribution in [-0.2, 0) is 15.8 Å². The lowest BCUT2D eigenvalue weighted by molar-refractivity contribution is 0.407. The Morgan fingerprint density at radius 2 is 1.80 bits per heavy atom. The third-order valence-electron chi connectivity index (χ3n) is 6.16. The number of piperidine rings is 1. The third kappa shape index (κ3) is 7.43. The molecule has 0 saturated carbocycles. The van der Waals surface area contributed by atoms with Gasteiger partial charge in [-0.25, -0.2) is 32.2 Å². The fourth-order valence-electron chi connectivity index (χ4n) is 4.22. The lowest BCUT2D eigenvalue weighted by atomic mass is 10.1. The molecule has 0 bridgehead atoms. The van der Waals surface area contributed by atoms with Gasteiger partial charge in [-0.3, -0.25) is 4.72 Å². The number of rotatable bonds is 9. The second kappa shape index (κ2) is 13.1. The minimum absolute atomic E-state index is 0.